The second-order valence-electron chi connectivity index (χ2n) is 6.81. The van der Waals surface area contributed by atoms with E-state index in [0.717, 1.165) is 55.9 Å². The Hall–Kier alpha value is -2.39. The number of hydrogen-bond donors (Lipinski definition) is 2. The summed E-state index contributed by atoms with van der Waals surface area (Å²) in [7, 11) is 2.17. The second-order valence-corrected chi connectivity index (χ2v) is 7.22. The number of halogens is 1. The van der Waals surface area contributed by atoms with Gasteiger partial charge in [0.2, 0.25) is 0 Å². The number of ether oxygens (including phenoxy) is 2. The molecule has 2 aromatic carbocycles. The monoisotopic (exact) mass is 438 g/mol. The number of carboxylic acids is 2. The van der Waals surface area contributed by atoms with Gasteiger partial charge in [-0.2, -0.15) is 0 Å². The first-order valence-corrected chi connectivity index (χ1v) is 10.0. The van der Waals surface area contributed by atoms with Gasteiger partial charge in [0.05, 0.1) is 18.2 Å². The van der Waals surface area contributed by atoms with Crippen LogP contribution in [0.1, 0.15) is 0 Å². The summed E-state index contributed by atoms with van der Waals surface area (Å²) in [6.07, 6.45) is 0. The van der Waals surface area contributed by atoms with Crippen molar-refractivity contribution in [2.24, 2.45) is 0 Å². The number of carbonyl (C=O) groups is 2. The van der Waals surface area contributed by atoms with Gasteiger partial charge in [-0.1, -0.05) is 41.9 Å². The molecule has 164 valence electrons. The Morgan fingerprint density at radius 2 is 1.63 bits per heavy atom. The molecule has 0 bridgehead atoms. The van der Waals surface area contributed by atoms with Gasteiger partial charge in [-0.15, -0.1) is 0 Å². The van der Waals surface area contributed by atoms with Crippen LogP contribution in [0.2, 0.25) is 5.02 Å². The number of rotatable bonds is 7. The number of carboxylic acid groups (broad SMARTS) is 2. The summed E-state index contributed by atoms with van der Waals surface area (Å²) in [5.74, 6) is -2.90. The SMILES string of the molecule is CN1CCN(CCOCCOc2c(Cl)ccc3ccccc23)CC1.O=C(O)C(=O)O. The van der Waals surface area contributed by atoms with Crippen LogP contribution >= 0.6 is 11.6 Å². The molecular weight excluding hydrogens is 412 g/mol. The molecular formula is C21H27ClN2O6. The Kier molecular flexibility index (Phi) is 9.82. The minimum atomic E-state index is -1.82. The maximum absolute atomic E-state index is 9.10. The third-order valence-electron chi connectivity index (χ3n) is 4.64. The summed E-state index contributed by atoms with van der Waals surface area (Å²) < 4.78 is 11.6. The highest BCUT2D eigenvalue weighted by molar-refractivity contribution is 6.33. The minimum Gasteiger partial charge on any atom is -0.489 e. The van der Waals surface area contributed by atoms with Crippen LogP contribution in [0, 0.1) is 0 Å². The molecule has 0 amide bonds. The van der Waals surface area contributed by atoms with E-state index in [4.69, 9.17) is 40.9 Å². The molecule has 1 aliphatic rings. The molecule has 2 aromatic rings. The van der Waals surface area contributed by atoms with Crippen molar-refractivity contribution in [2.75, 3.05) is 59.6 Å². The molecule has 0 saturated carbocycles. The largest absolute Gasteiger partial charge is 0.489 e. The summed E-state index contributed by atoms with van der Waals surface area (Å²) in [6, 6.07) is 12.0. The Morgan fingerprint density at radius 3 is 2.30 bits per heavy atom. The van der Waals surface area contributed by atoms with Crippen molar-refractivity contribution in [3.63, 3.8) is 0 Å². The lowest BCUT2D eigenvalue weighted by Gasteiger charge is -2.32. The van der Waals surface area contributed by atoms with Crippen LogP contribution in [-0.4, -0.2) is 91.5 Å². The van der Waals surface area contributed by atoms with Crippen molar-refractivity contribution in [1.29, 1.82) is 0 Å². The highest BCUT2D eigenvalue weighted by Gasteiger charge is 2.13. The third-order valence-corrected chi connectivity index (χ3v) is 4.93. The number of aliphatic carboxylic acids is 2. The van der Waals surface area contributed by atoms with Crippen molar-refractivity contribution in [2.45, 2.75) is 0 Å². The average molecular weight is 439 g/mol. The smallest absolute Gasteiger partial charge is 0.414 e. The van der Waals surface area contributed by atoms with Gasteiger partial charge in [-0.25, -0.2) is 9.59 Å². The number of nitrogens with zero attached hydrogens (tertiary/aromatic N) is 2. The van der Waals surface area contributed by atoms with Crippen LogP contribution in [-0.2, 0) is 14.3 Å². The summed E-state index contributed by atoms with van der Waals surface area (Å²) in [5, 5.41) is 17.6. The van der Waals surface area contributed by atoms with Crippen molar-refractivity contribution in [3.8, 4) is 5.75 Å². The van der Waals surface area contributed by atoms with Crippen molar-refractivity contribution in [3.05, 3.63) is 41.4 Å². The van der Waals surface area contributed by atoms with E-state index in [-0.39, 0.29) is 0 Å². The highest BCUT2D eigenvalue weighted by Crippen LogP contribution is 2.33. The van der Waals surface area contributed by atoms with Crippen molar-refractivity contribution in [1.82, 2.24) is 9.80 Å². The molecule has 3 rings (SSSR count). The zero-order valence-electron chi connectivity index (χ0n) is 16.9. The molecule has 8 nitrogen and oxygen atoms in total. The second kappa shape index (κ2) is 12.3. The van der Waals surface area contributed by atoms with E-state index in [0.29, 0.717) is 18.2 Å². The van der Waals surface area contributed by atoms with Crippen LogP contribution in [0.3, 0.4) is 0 Å². The quantitative estimate of drug-likeness (QED) is 0.501. The molecule has 0 atom stereocenters. The fourth-order valence-corrected chi connectivity index (χ4v) is 3.15. The molecule has 30 heavy (non-hydrogen) atoms. The number of fused-ring (bicyclic) bond motifs is 1. The molecule has 0 unspecified atom stereocenters. The van der Waals surface area contributed by atoms with Crippen LogP contribution in [0.15, 0.2) is 36.4 Å². The lowest BCUT2D eigenvalue weighted by Crippen LogP contribution is -2.45. The minimum absolute atomic E-state index is 0.510. The standard InChI is InChI=1S/C19H25ClN2O2.C2H2O4/c1-21-8-10-22(11-9-21)12-13-23-14-15-24-19-17-5-3-2-4-16(17)6-7-18(19)20;3-1(4)2(5)6/h2-7H,8-15H2,1H3;(H,3,4)(H,5,6). The topological polar surface area (TPSA) is 99.5 Å². The summed E-state index contributed by atoms with van der Waals surface area (Å²) in [5.41, 5.74) is 0. The van der Waals surface area contributed by atoms with Gasteiger partial charge in [0, 0.05) is 38.1 Å². The van der Waals surface area contributed by atoms with Crippen molar-refractivity contribution < 1.29 is 29.3 Å². The highest BCUT2D eigenvalue weighted by atomic mass is 35.5. The Morgan fingerprint density at radius 1 is 0.967 bits per heavy atom. The van der Waals surface area contributed by atoms with Gasteiger partial charge in [0.15, 0.2) is 0 Å². The molecule has 1 fully saturated rings. The van der Waals surface area contributed by atoms with Gasteiger partial charge in [-0.05, 0) is 18.5 Å². The summed E-state index contributed by atoms with van der Waals surface area (Å²) in [4.78, 5) is 23.0. The first-order valence-electron chi connectivity index (χ1n) is 9.63. The van der Waals surface area contributed by atoms with Gasteiger partial charge in [0.1, 0.15) is 12.4 Å². The normalized spacial score (nSPS) is 14.7. The lowest BCUT2D eigenvalue weighted by atomic mass is 10.1. The Balaban J connectivity index is 0.000000469. The summed E-state index contributed by atoms with van der Waals surface area (Å²) >= 11 is 6.28. The molecule has 0 spiro atoms. The number of benzene rings is 2. The van der Waals surface area contributed by atoms with Crippen LogP contribution in [0.5, 0.6) is 5.75 Å². The van der Waals surface area contributed by atoms with Crippen molar-refractivity contribution >= 4 is 34.3 Å². The van der Waals surface area contributed by atoms with E-state index < -0.39 is 11.9 Å². The molecule has 0 aromatic heterocycles. The van der Waals surface area contributed by atoms with Gasteiger partial charge in [0.25, 0.3) is 0 Å². The number of likely N-dealkylation sites (N-methyl/N-ethyl adjacent to an activating group) is 1. The number of hydrogen-bond acceptors (Lipinski definition) is 6. The fourth-order valence-electron chi connectivity index (χ4n) is 2.93. The zero-order chi connectivity index (χ0) is 21.9. The molecule has 0 radical (unpaired) electrons. The van der Waals surface area contributed by atoms with E-state index >= 15 is 0 Å². The van der Waals surface area contributed by atoms with E-state index in [1.165, 1.54) is 0 Å². The number of piperazine rings is 1. The van der Waals surface area contributed by atoms with E-state index in [1.54, 1.807) is 0 Å². The first-order chi connectivity index (χ1) is 14.4. The first kappa shape index (κ1) is 23.9. The molecule has 1 aliphatic heterocycles. The maximum atomic E-state index is 9.10. The van der Waals surface area contributed by atoms with E-state index in [9.17, 15) is 0 Å². The molecule has 2 N–H and O–H groups in total. The van der Waals surface area contributed by atoms with Gasteiger partial charge < -0.3 is 24.6 Å². The van der Waals surface area contributed by atoms with Crippen LogP contribution in [0.25, 0.3) is 10.8 Å². The third kappa shape index (κ3) is 7.79. The zero-order valence-corrected chi connectivity index (χ0v) is 17.7. The summed E-state index contributed by atoms with van der Waals surface area (Å²) in [6.45, 7) is 7.36. The Labute approximate surface area is 180 Å². The van der Waals surface area contributed by atoms with E-state index in [2.05, 4.69) is 22.9 Å². The molecule has 0 aliphatic carbocycles. The van der Waals surface area contributed by atoms with Gasteiger partial charge >= 0.3 is 11.9 Å². The van der Waals surface area contributed by atoms with Gasteiger partial charge in [-0.3, -0.25) is 4.90 Å². The predicted octanol–water partition coefficient (Wildman–Crippen LogP) is 2.29. The molecule has 1 heterocycles. The lowest BCUT2D eigenvalue weighted by molar-refractivity contribution is -0.159. The van der Waals surface area contributed by atoms with Crippen LogP contribution in [0.4, 0.5) is 0 Å². The molecule has 9 heteroatoms. The average Bonchev–Trinajstić information content (AvgIpc) is 2.73. The Bertz CT molecular complexity index is 827. The maximum Gasteiger partial charge on any atom is 0.414 e. The molecule has 1 saturated heterocycles. The van der Waals surface area contributed by atoms with Crippen LogP contribution < -0.4 is 4.74 Å². The fraction of sp³-hybridized carbons (Fsp3) is 0.429. The van der Waals surface area contributed by atoms with E-state index in [1.807, 2.05) is 30.3 Å². The predicted molar refractivity (Wildman–Crippen MR) is 114 cm³/mol.